The van der Waals surface area contributed by atoms with Crippen LogP contribution in [0.15, 0.2) is 23.3 Å². The van der Waals surface area contributed by atoms with Gasteiger partial charge >= 0.3 is 17.9 Å². The zero-order chi connectivity index (χ0) is 26.4. The van der Waals surface area contributed by atoms with Crippen molar-refractivity contribution in [2.24, 2.45) is 29.6 Å². The van der Waals surface area contributed by atoms with E-state index in [1.807, 2.05) is 6.92 Å². The molecule has 7 nitrogen and oxygen atoms in total. The predicted octanol–water partition coefficient (Wildman–Crippen LogP) is 5.47. The molecule has 0 aliphatic heterocycles. The molecule has 0 aliphatic rings. The van der Waals surface area contributed by atoms with E-state index in [0.29, 0.717) is 17.8 Å². The number of aliphatic hydroxyl groups excluding tert-OH is 1. The molecule has 0 radical (unpaired) electrons. The van der Waals surface area contributed by atoms with Crippen LogP contribution in [0.1, 0.15) is 87.0 Å². The van der Waals surface area contributed by atoms with E-state index in [4.69, 9.17) is 9.84 Å². The van der Waals surface area contributed by atoms with Gasteiger partial charge in [-0.15, -0.1) is 0 Å². The number of carbonyl (C=O) groups is 3. The number of ether oxygens (including phenoxy) is 1. The summed E-state index contributed by atoms with van der Waals surface area (Å²) in [4.78, 5) is 34.4. The Balaban J connectivity index is 4.89. The third kappa shape index (κ3) is 14.2. The second-order valence-electron chi connectivity index (χ2n) is 10.2. The summed E-state index contributed by atoms with van der Waals surface area (Å²) in [5.74, 6) is -1.48. The predicted molar refractivity (Wildman–Crippen MR) is 133 cm³/mol. The van der Waals surface area contributed by atoms with Gasteiger partial charge in [0, 0.05) is 12.0 Å². The van der Waals surface area contributed by atoms with Crippen molar-refractivity contribution in [3.05, 3.63) is 23.3 Å². The topological polar surface area (TPSA) is 121 Å². The highest BCUT2D eigenvalue weighted by Gasteiger charge is 2.21. The molecule has 0 saturated carbocycles. The minimum absolute atomic E-state index is 0.00125. The lowest BCUT2D eigenvalue weighted by Crippen LogP contribution is -2.24. The molecule has 5 unspecified atom stereocenters. The van der Waals surface area contributed by atoms with Gasteiger partial charge in [-0.2, -0.15) is 0 Å². The Labute approximate surface area is 205 Å². The number of aliphatic carboxylic acids is 2. The fraction of sp³-hybridized carbons (Fsp3) is 0.741. The van der Waals surface area contributed by atoms with Crippen LogP contribution in [0.2, 0.25) is 0 Å². The van der Waals surface area contributed by atoms with Crippen LogP contribution in [-0.4, -0.2) is 45.9 Å². The summed E-state index contributed by atoms with van der Waals surface area (Å²) in [5, 5.41) is 27.5. The van der Waals surface area contributed by atoms with E-state index in [1.165, 1.54) is 19.3 Å². The highest BCUT2D eigenvalue weighted by Crippen LogP contribution is 2.26. The van der Waals surface area contributed by atoms with Crippen molar-refractivity contribution in [1.82, 2.24) is 0 Å². The van der Waals surface area contributed by atoms with Crippen molar-refractivity contribution in [2.75, 3.05) is 6.61 Å². The molecule has 34 heavy (non-hydrogen) atoms. The van der Waals surface area contributed by atoms with Crippen LogP contribution in [0.3, 0.4) is 0 Å². The lowest BCUT2D eigenvalue weighted by Gasteiger charge is -2.21. The molecule has 0 bridgehead atoms. The maximum Gasteiger partial charge on any atom is 0.332 e. The number of carbonyl (C=O) groups excluding carboxylic acids is 1. The maximum absolute atomic E-state index is 12.1. The minimum atomic E-state index is -1.60. The lowest BCUT2D eigenvalue weighted by atomic mass is 9.84. The molecule has 0 saturated heterocycles. The molecule has 0 fully saturated rings. The van der Waals surface area contributed by atoms with E-state index < -0.39 is 29.9 Å². The Hall–Kier alpha value is -2.15. The molecule has 0 aliphatic carbocycles. The van der Waals surface area contributed by atoms with Crippen LogP contribution in [0, 0.1) is 29.6 Å². The Bertz CT molecular complexity index is 710. The first-order valence-corrected chi connectivity index (χ1v) is 12.5. The number of hydrogen-bond donors (Lipinski definition) is 3. The zero-order valence-corrected chi connectivity index (χ0v) is 22.0. The van der Waals surface area contributed by atoms with E-state index in [0.717, 1.165) is 17.9 Å². The van der Waals surface area contributed by atoms with E-state index in [9.17, 15) is 24.6 Å². The lowest BCUT2D eigenvalue weighted by molar-refractivity contribution is -0.153. The van der Waals surface area contributed by atoms with Crippen LogP contribution in [0.25, 0.3) is 0 Å². The SMILES string of the molecule is CCC(C)CC(C)CC(C)CC(C)/C=C(C)/C=C(/CC(C)C(=O)OCC[C@H](O)C(=O)O)C(=O)O. The van der Waals surface area contributed by atoms with Gasteiger partial charge in [0.1, 0.15) is 0 Å². The normalized spacial score (nSPS) is 17.9. The zero-order valence-electron chi connectivity index (χ0n) is 22.0. The Morgan fingerprint density at radius 3 is 2.00 bits per heavy atom. The molecular formula is C27H46O7. The van der Waals surface area contributed by atoms with Crippen LogP contribution in [-0.2, 0) is 19.1 Å². The summed E-state index contributed by atoms with van der Waals surface area (Å²) >= 11 is 0. The molecule has 0 aromatic heterocycles. The fourth-order valence-corrected chi connectivity index (χ4v) is 4.37. The maximum atomic E-state index is 12.1. The number of esters is 1. The number of rotatable bonds is 17. The number of carboxylic acids is 2. The largest absolute Gasteiger partial charge is 0.479 e. The molecule has 0 rings (SSSR count). The van der Waals surface area contributed by atoms with Gasteiger partial charge in [-0.1, -0.05) is 59.6 Å². The quantitative estimate of drug-likeness (QED) is 0.143. The van der Waals surface area contributed by atoms with Crippen LogP contribution in [0.4, 0.5) is 0 Å². The van der Waals surface area contributed by atoms with Gasteiger partial charge in [0.05, 0.1) is 12.5 Å². The third-order valence-corrected chi connectivity index (χ3v) is 6.15. The molecule has 3 N–H and O–H groups in total. The average Bonchev–Trinajstić information content (AvgIpc) is 2.71. The van der Waals surface area contributed by atoms with Gasteiger partial charge in [-0.05, 0) is 62.4 Å². The van der Waals surface area contributed by atoms with E-state index >= 15 is 0 Å². The Morgan fingerprint density at radius 1 is 0.912 bits per heavy atom. The minimum Gasteiger partial charge on any atom is -0.479 e. The first-order valence-electron chi connectivity index (χ1n) is 12.5. The summed E-state index contributed by atoms with van der Waals surface area (Å²) in [6.45, 7) is 14.4. The molecule has 6 atom stereocenters. The van der Waals surface area contributed by atoms with Gasteiger partial charge in [0.2, 0.25) is 0 Å². The van der Waals surface area contributed by atoms with Gasteiger partial charge in [-0.3, -0.25) is 4.79 Å². The van der Waals surface area contributed by atoms with Gasteiger partial charge in [0.15, 0.2) is 6.10 Å². The number of hydrogen-bond acceptors (Lipinski definition) is 5. The standard InChI is InChI=1S/C27H46O7/c1-8-17(2)11-18(3)12-19(4)13-20(5)14-21(6)15-23(25(29)30)16-22(7)27(33)34-10-9-24(28)26(31)32/h14-15,17-20,22,24,28H,8-13,16H2,1-7H3,(H,29,30)(H,31,32)/b21-14+,23-15-/t17?,18?,19?,20?,22?,24-/m0/s1. The van der Waals surface area contributed by atoms with Crippen molar-refractivity contribution in [3.8, 4) is 0 Å². The molecule has 0 aromatic rings. The summed E-state index contributed by atoms with van der Waals surface area (Å²) in [5.41, 5.74) is 0.959. The number of aliphatic hydroxyl groups is 1. The van der Waals surface area contributed by atoms with Crippen molar-refractivity contribution in [1.29, 1.82) is 0 Å². The molecule has 196 valence electrons. The highest BCUT2D eigenvalue weighted by atomic mass is 16.5. The molecular weight excluding hydrogens is 436 g/mol. The molecule has 0 spiro atoms. The summed E-state index contributed by atoms with van der Waals surface area (Å²) < 4.78 is 4.98. The molecule has 7 heteroatoms. The molecule has 0 amide bonds. The monoisotopic (exact) mass is 482 g/mol. The fourth-order valence-electron chi connectivity index (χ4n) is 4.37. The van der Waals surface area contributed by atoms with Crippen molar-refractivity contribution in [2.45, 2.75) is 93.1 Å². The van der Waals surface area contributed by atoms with Crippen LogP contribution >= 0.6 is 0 Å². The number of allylic oxidation sites excluding steroid dienone is 3. The number of carboxylic acid groups (broad SMARTS) is 2. The second-order valence-corrected chi connectivity index (χ2v) is 10.2. The van der Waals surface area contributed by atoms with Gasteiger partial charge < -0.3 is 20.1 Å². The Morgan fingerprint density at radius 2 is 1.47 bits per heavy atom. The third-order valence-electron chi connectivity index (χ3n) is 6.15. The molecule has 0 heterocycles. The average molecular weight is 483 g/mol. The summed E-state index contributed by atoms with van der Waals surface area (Å²) in [6, 6.07) is 0. The second kappa shape index (κ2) is 16.5. The van der Waals surface area contributed by atoms with Crippen molar-refractivity contribution < 1.29 is 34.4 Å². The van der Waals surface area contributed by atoms with Crippen molar-refractivity contribution >= 4 is 17.9 Å². The smallest absolute Gasteiger partial charge is 0.332 e. The van der Waals surface area contributed by atoms with E-state index in [2.05, 4.69) is 40.7 Å². The highest BCUT2D eigenvalue weighted by molar-refractivity contribution is 5.88. The van der Waals surface area contributed by atoms with Crippen LogP contribution < -0.4 is 0 Å². The van der Waals surface area contributed by atoms with E-state index in [1.54, 1.807) is 13.0 Å². The molecule has 0 aromatic carbocycles. The Kier molecular flexibility index (Phi) is 15.4. The van der Waals surface area contributed by atoms with E-state index in [-0.39, 0.29) is 25.0 Å². The van der Waals surface area contributed by atoms with Gasteiger partial charge in [-0.25, -0.2) is 9.59 Å². The van der Waals surface area contributed by atoms with Crippen LogP contribution in [0.5, 0.6) is 0 Å². The summed E-state index contributed by atoms with van der Waals surface area (Å²) in [7, 11) is 0. The first kappa shape index (κ1) is 31.9. The van der Waals surface area contributed by atoms with Crippen molar-refractivity contribution in [3.63, 3.8) is 0 Å². The first-order chi connectivity index (χ1) is 15.8. The summed E-state index contributed by atoms with van der Waals surface area (Å²) in [6.07, 6.45) is 6.53. The van der Waals surface area contributed by atoms with Gasteiger partial charge in [0.25, 0.3) is 0 Å².